The standard InChI is InChI=1S/C11H13N3O2/c1-6(2)12-8-5-3-4-7-9(8)11(16)14-13-10(7)15/h3-6,12H,1-2H3,(H,13,15)(H,14,16). The largest absolute Gasteiger partial charge is 0.382 e. The lowest BCUT2D eigenvalue weighted by Gasteiger charge is -2.11. The maximum atomic E-state index is 11.7. The molecule has 0 bridgehead atoms. The topological polar surface area (TPSA) is 77.8 Å². The lowest BCUT2D eigenvalue weighted by Crippen LogP contribution is -2.21. The summed E-state index contributed by atoms with van der Waals surface area (Å²) in [6, 6.07) is 5.37. The third-order valence-electron chi connectivity index (χ3n) is 2.27. The maximum absolute atomic E-state index is 11.7. The van der Waals surface area contributed by atoms with Crippen molar-refractivity contribution in [2.45, 2.75) is 19.9 Å². The molecule has 16 heavy (non-hydrogen) atoms. The second-order valence-corrected chi connectivity index (χ2v) is 3.94. The van der Waals surface area contributed by atoms with Crippen LogP contribution in [-0.4, -0.2) is 16.2 Å². The average Bonchev–Trinajstić information content (AvgIpc) is 2.23. The van der Waals surface area contributed by atoms with Crippen LogP contribution in [-0.2, 0) is 0 Å². The molecule has 0 atom stereocenters. The predicted molar refractivity (Wildman–Crippen MR) is 63.9 cm³/mol. The molecule has 1 aromatic heterocycles. The van der Waals surface area contributed by atoms with E-state index < -0.39 is 0 Å². The second kappa shape index (κ2) is 3.84. The normalized spacial score (nSPS) is 10.9. The number of anilines is 1. The number of benzene rings is 1. The molecule has 1 heterocycles. The SMILES string of the molecule is CC(C)Nc1cccc2c(=O)[nH][nH]c(=O)c12. The fourth-order valence-electron chi connectivity index (χ4n) is 1.66. The van der Waals surface area contributed by atoms with Crippen LogP contribution in [0.2, 0.25) is 0 Å². The van der Waals surface area contributed by atoms with E-state index >= 15 is 0 Å². The van der Waals surface area contributed by atoms with E-state index in [-0.39, 0.29) is 17.2 Å². The highest BCUT2D eigenvalue weighted by Gasteiger charge is 2.08. The Morgan fingerprint density at radius 2 is 1.81 bits per heavy atom. The Morgan fingerprint density at radius 1 is 1.12 bits per heavy atom. The number of hydrogen-bond acceptors (Lipinski definition) is 3. The first-order chi connectivity index (χ1) is 7.59. The van der Waals surface area contributed by atoms with Crippen LogP contribution >= 0.6 is 0 Å². The third kappa shape index (κ3) is 1.71. The van der Waals surface area contributed by atoms with Crippen molar-refractivity contribution >= 4 is 16.5 Å². The number of nitrogens with one attached hydrogen (secondary N) is 3. The molecule has 0 saturated carbocycles. The second-order valence-electron chi connectivity index (χ2n) is 3.94. The molecule has 3 N–H and O–H groups in total. The van der Waals surface area contributed by atoms with Crippen LogP contribution in [0.15, 0.2) is 27.8 Å². The maximum Gasteiger partial charge on any atom is 0.272 e. The van der Waals surface area contributed by atoms with E-state index in [1.54, 1.807) is 18.2 Å². The summed E-state index contributed by atoms with van der Waals surface area (Å²) >= 11 is 0. The number of fused-ring (bicyclic) bond motifs is 1. The van der Waals surface area contributed by atoms with E-state index in [0.717, 1.165) is 0 Å². The van der Waals surface area contributed by atoms with E-state index in [0.29, 0.717) is 16.5 Å². The van der Waals surface area contributed by atoms with Gasteiger partial charge in [-0.25, -0.2) is 0 Å². The van der Waals surface area contributed by atoms with E-state index in [4.69, 9.17) is 0 Å². The van der Waals surface area contributed by atoms with Crippen LogP contribution in [0.5, 0.6) is 0 Å². The highest BCUT2D eigenvalue weighted by atomic mass is 16.1. The fourth-order valence-corrected chi connectivity index (χ4v) is 1.66. The van der Waals surface area contributed by atoms with Gasteiger partial charge >= 0.3 is 0 Å². The summed E-state index contributed by atoms with van der Waals surface area (Å²) in [4.78, 5) is 23.2. The third-order valence-corrected chi connectivity index (χ3v) is 2.27. The Hall–Kier alpha value is -2.04. The molecule has 0 spiro atoms. The summed E-state index contributed by atoms with van der Waals surface area (Å²) in [5, 5.41) is 8.57. The smallest absolute Gasteiger partial charge is 0.272 e. The van der Waals surface area contributed by atoms with Crippen molar-refractivity contribution in [1.82, 2.24) is 10.2 Å². The van der Waals surface area contributed by atoms with Crippen molar-refractivity contribution in [3.05, 3.63) is 38.9 Å². The van der Waals surface area contributed by atoms with Gasteiger partial charge in [0.05, 0.1) is 10.8 Å². The van der Waals surface area contributed by atoms with E-state index in [1.807, 2.05) is 13.8 Å². The van der Waals surface area contributed by atoms with Gasteiger partial charge in [-0.1, -0.05) is 6.07 Å². The molecular formula is C11H13N3O2. The summed E-state index contributed by atoms with van der Waals surface area (Å²) in [5.74, 6) is 0. The molecule has 0 unspecified atom stereocenters. The zero-order valence-corrected chi connectivity index (χ0v) is 9.13. The molecule has 0 fully saturated rings. The van der Waals surface area contributed by atoms with Crippen molar-refractivity contribution in [3.8, 4) is 0 Å². The molecule has 0 aliphatic heterocycles. The highest BCUT2D eigenvalue weighted by Crippen LogP contribution is 2.17. The fraction of sp³-hybridized carbons (Fsp3) is 0.273. The number of aromatic nitrogens is 2. The zero-order valence-electron chi connectivity index (χ0n) is 9.13. The Labute approximate surface area is 91.5 Å². The van der Waals surface area contributed by atoms with Crippen LogP contribution in [0.25, 0.3) is 10.8 Å². The van der Waals surface area contributed by atoms with Crippen molar-refractivity contribution in [3.63, 3.8) is 0 Å². The molecular weight excluding hydrogens is 206 g/mol. The number of rotatable bonds is 2. The van der Waals surface area contributed by atoms with Gasteiger partial charge in [0.25, 0.3) is 11.1 Å². The Morgan fingerprint density at radius 3 is 2.50 bits per heavy atom. The van der Waals surface area contributed by atoms with Crippen LogP contribution in [0.3, 0.4) is 0 Å². The predicted octanol–water partition coefficient (Wildman–Crippen LogP) is 1.04. The van der Waals surface area contributed by atoms with Crippen molar-refractivity contribution in [2.75, 3.05) is 5.32 Å². The first kappa shape index (κ1) is 10.5. The van der Waals surface area contributed by atoms with Gasteiger partial charge in [-0.05, 0) is 26.0 Å². The molecule has 0 radical (unpaired) electrons. The van der Waals surface area contributed by atoms with Crippen LogP contribution < -0.4 is 16.4 Å². The molecule has 0 aliphatic carbocycles. The van der Waals surface area contributed by atoms with Crippen molar-refractivity contribution in [2.24, 2.45) is 0 Å². The minimum Gasteiger partial charge on any atom is -0.382 e. The summed E-state index contributed by atoms with van der Waals surface area (Å²) < 4.78 is 0. The minimum absolute atomic E-state index is 0.198. The van der Waals surface area contributed by atoms with Crippen LogP contribution in [0, 0.1) is 0 Å². The molecule has 84 valence electrons. The van der Waals surface area contributed by atoms with E-state index in [2.05, 4.69) is 15.5 Å². The molecule has 0 amide bonds. The number of hydrogen-bond donors (Lipinski definition) is 3. The van der Waals surface area contributed by atoms with Crippen molar-refractivity contribution < 1.29 is 0 Å². The number of aromatic amines is 2. The zero-order chi connectivity index (χ0) is 11.7. The van der Waals surface area contributed by atoms with Crippen LogP contribution in [0.1, 0.15) is 13.8 Å². The summed E-state index contributed by atoms with van der Waals surface area (Å²) in [7, 11) is 0. The van der Waals surface area contributed by atoms with E-state index in [1.165, 1.54) is 0 Å². The van der Waals surface area contributed by atoms with Gasteiger partial charge in [0, 0.05) is 11.7 Å². The molecule has 2 rings (SSSR count). The summed E-state index contributed by atoms with van der Waals surface area (Å²) in [6.45, 7) is 3.94. The lowest BCUT2D eigenvalue weighted by atomic mass is 10.1. The summed E-state index contributed by atoms with van der Waals surface area (Å²) in [5.41, 5.74) is 0.0974. The first-order valence-corrected chi connectivity index (χ1v) is 5.10. The molecule has 0 saturated heterocycles. The lowest BCUT2D eigenvalue weighted by molar-refractivity contribution is 0.900. The molecule has 2 aromatic rings. The molecule has 1 aromatic carbocycles. The van der Waals surface area contributed by atoms with Gasteiger partial charge < -0.3 is 5.32 Å². The van der Waals surface area contributed by atoms with Gasteiger partial charge in [-0.3, -0.25) is 19.8 Å². The monoisotopic (exact) mass is 219 g/mol. The average molecular weight is 219 g/mol. The van der Waals surface area contributed by atoms with Gasteiger partial charge in [0.1, 0.15) is 0 Å². The Balaban J connectivity index is 2.81. The Bertz CT molecular complexity index is 625. The molecule has 5 heteroatoms. The van der Waals surface area contributed by atoms with Crippen LogP contribution in [0.4, 0.5) is 5.69 Å². The highest BCUT2D eigenvalue weighted by molar-refractivity contribution is 5.92. The Kier molecular flexibility index (Phi) is 2.52. The van der Waals surface area contributed by atoms with Gasteiger partial charge in [0.2, 0.25) is 0 Å². The molecule has 0 aliphatic rings. The molecule has 5 nitrogen and oxygen atoms in total. The van der Waals surface area contributed by atoms with E-state index in [9.17, 15) is 9.59 Å². The van der Waals surface area contributed by atoms with Gasteiger partial charge in [0.15, 0.2) is 0 Å². The summed E-state index contributed by atoms with van der Waals surface area (Å²) in [6.07, 6.45) is 0. The van der Waals surface area contributed by atoms with Gasteiger partial charge in [-0.15, -0.1) is 0 Å². The van der Waals surface area contributed by atoms with Gasteiger partial charge in [-0.2, -0.15) is 0 Å². The quantitative estimate of drug-likeness (QED) is 0.706. The minimum atomic E-state index is -0.293. The van der Waals surface area contributed by atoms with Crippen molar-refractivity contribution in [1.29, 1.82) is 0 Å². The number of H-pyrrole nitrogens is 2. The first-order valence-electron chi connectivity index (χ1n) is 5.10.